The number of piperidine rings is 1. The van der Waals surface area contributed by atoms with Crippen LogP contribution in [0, 0.1) is 17.6 Å². The number of nitrogens with zero attached hydrogens (tertiary/aromatic N) is 1. The van der Waals surface area contributed by atoms with Crippen molar-refractivity contribution < 1.29 is 13.6 Å². The lowest BCUT2D eigenvalue weighted by Gasteiger charge is -2.38. The number of halogens is 2. The van der Waals surface area contributed by atoms with E-state index in [0.717, 1.165) is 0 Å². The minimum absolute atomic E-state index is 0.0432. The molecule has 1 aliphatic heterocycles. The van der Waals surface area contributed by atoms with Crippen LogP contribution in [0.3, 0.4) is 0 Å². The normalized spacial score (nSPS) is 22.9. The summed E-state index contributed by atoms with van der Waals surface area (Å²) in [6.45, 7) is 2.20. The topological polar surface area (TPSA) is 72.4 Å². The fourth-order valence-corrected chi connectivity index (χ4v) is 2.66. The Bertz CT molecular complexity index is 498. The van der Waals surface area contributed by atoms with E-state index in [1.165, 1.54) is 12.1 Å². The Labute approximate surface area is 116 Å². The van der Waals surface area contributed by atoms with Crippen LogP contribution in [0.15, 0.2) is 12.1 Å². The highest BCUT2D eigenvalue weighted by Gasteiger charge is 2.31. The van der Waals surface area contributed by atoms with E-state index in [-0.39, 0.29) is 30.7 Å². The summed E-state index contributed by atoms with van der Waals surface area (Å²) in [5.74, 6) is -2.11. The Hall–Kier alpha value is -1.69. The van der Waals surface area contributed by atoms with Crippen molar-refractivity contribution in [3.63, 3.8) is 0 Å². The molecular weight excluding hydrogens is 264 g/mol. The zero-order valence-electron chi connectivity index (χ0n) is 11.4. The van der Waals surface area contributed by atoms with E-state index in [2.05, 4.69) is 0 Å². The average Bonchev–Trinajstić information content (AvgIpc) is 2.39. The highest BCUT2D eigenvalue weighted by atomic mass is 19.1. The predicted octanol–water partition coefficient (Wildman–Crippen LogP) is 1.51. The molecule has 0 spiro atoms. The smallest absolute Gasteiger partial charge is 0.222 e. The summed E-state index contributed by atoms with van der Waals surface area (Å²) in [6, 6.07) is 2.43. The monoisotopic (exact) mass is 283 g/mol. The van der Waals surface area contributed by atoms with Crippen LogP contribution < -0.4 is 16.4 Å². The van der Waals surface area contributed by atoms with Gasteiger partial charge in [0, 0.05) is 19.1 Å². The van der Waals surface area contributed by atoms with Gasteiger partial charge in [-0.25, -0.2) is 8.78 Å². The van der Waals surface area contributed by atoms with Crippen molar-refractivity contribution in [2.75, 3.05) is 11.4 Å². The third kappa shape index (κ3) is 2.75. The van der Waals surface area contributed by atoms with Crippen LogP contribution in [0.2, 0.25) is 0 Å². The van der Waals surface area contributed by atoms with E-state index in [9.17, 15) is 13.6 Å². The zero-order valence-corrected chi connectivity index (χ0v) is 11.4. The van der Waals surface area contributed by atoms with Gasteiger partial charge in [-0.2, -0.15) is 0 Å². The molecule has 0 saturated carbocycles. The molecular formula is C14H19F2N3O. The summed E-state index contributed by atoms with van der Waals surface area (Å²) in [4.78, 5) is 12.9. The Morgan fingerprint density at radius 2 is 1.95 bits per heavy atom. The lowest BCUT2D eigenvalue weighted by molar-refractivity contribution is -0.122. The molecule has 4 N–H and O–H groups in total. The van der Waals surface area contributed by atoms with Gasteiger partial charge in [-0.05, 0) is 37.5 Å². The van der Waals surface area contributed by atoms with Gasteiger partial charge in [0.25, 0.3) is 0 Å². The van der Waals surface area contributed by atoms with Crippen LogP contribution in [0.4, 0.5) is 14.5 Å². The summed E-state index contributed by atoms with van der Waals surface area (Å²) >= 11 is 0. The molecule has 0 bridgehead atoms. The predicted molar refractivity (Wildman–Crippen MR) is 73.0 cm³/mol. The number of anilines is 1. The Morgan fingerprint density at radius 1 is 1.35 bits per heavy atom. The number of benzene rings is 1. The SMILES string of the molecule is CC1CCC(C(N)=O)CN1c1c(F)cc(CN)cc1F. The maximum atomic E-state index is 14.1. The molecule has 110 valence electrons. The summed E-state index contributed by atoms with van der Waals surface area (Å²) in [7, 11) is 0. The van der Waals surface area contributed by atoms with Crippen LogP contribution in [0.25, 0.3) is 0 Å². The van der Waals surface area contributed by atoms with Gasteiger partial charge in [-0.1, -0.05) is 0 Å². The lowest BCUT2D eigenvalue weighted by Crippen LogP contribution is -2.46. The van der Waals surface area contributed by atoms with Crippen LogP contribution in [-0.2, 0) is 11.3 Å². The third-order valence-corrected chi connectivity index (χ3v) is 3.88. The zero-order chi connectivity index (χ0) is 14.9. The Kier molecular flexibility index (Phi) is 4.23. The standard InChI is InChI=1S/C14H19F2N3O/c1-8-2-3-10(14(18)20)7-19(8)13-11(15)4-9(6-17)5-12(13)16/h4-5,8,10H,2-3,6-7,17H2,1H3,(H2,18,20). The molecule has 1 amide bonds. The summed E-state index contributed by atoms with van der Waals surface area (Å²) in [5, 5.41) is 0. The second-order valence-corrected chi connectivity index (χ2v) is 5.29. The van der Waals surface area contributed by atoms with Crippen molar-refractivity contribution in [2.24, 2.45) is 17.4 Å². The van der Waals surface area contributed by atoms with Crippen LogP contribution in [-0.4, -0.2) is 18.5 Å². The number of hydrogen-bond donors (Lipinski definition) is 2. The lowest BCUT2D eigenvalue weighted by atomic mass is 9.92. The van der Waals surface area contributed by atoms with Gasteiger partial charge in [0.05, 0.1) is 5.92 Å². The first-order valence-corrected chi connectivity index (χ1v) is 6.68. The molecule has 2 atom stereocenters. The molecule has 20 heavy (non-hydrogen) atoms. The number of hydrogen-bond acceptors (Lipinski definition) is 3. The van der Waals surface area contributed by atoms with Crippen molar-refractivity contribution >= 4 is 11.6 Å². The third-order valence-electron chi connectivity index (χ3n) is 3.88. The van der Waals surface area contributed by atoms with Crippen LogP contribution >= 0.6 is 0 Å². The molecule has 1 aliphatic rings. The number of primary amides is 1. The maximum Gasteiger partial charge on any atom is 0.222 e. The molecule has 4 nitrogen and oxygen atoms in total. The molecule has 2 unspecified atom stereocenters. The first-order chi connectivity index (χ1) is 9.43. The molecule has 0 aliphatic carbocycles. The molecule has 0 aromatic heterocycles. The first kappa shape index (κ1) is 14.7. The van der Waals surface area contributed by atoms with E-state index in [0.29, 0.717) is 18.4 Å². The van der Waals surface area contributed by atoms with Gasteiger partial charge in [0.15, 0.2) is 0 Å². The summed E-state index contributed by atoms with van der Waals surface area (Å²) in [6.07, 6.45) is 1.32. The quantitative estimate of drug-likeness (QED) is 0.883. The van der Waals surface area contributed by atoms with Gasteiger partial charge in [-0.3, -0.25) is 4.79 Å². The molecule has 1 aromatic rings. The van der Waals surface area contributed by atoms with Crippen LogP contribution in [0.5, 0.6) is 0 Å². The van der Waals surface area contributed by atoms with E-state index in [1.807, 2.05) is 6.92 Å². The van der Waals surface area contributed by atoms with Crippen molar-refractivity contribution in [2.45, 2.75) is 32.4 Å². The van der Waals surface area contributed by atoms with E-state index in [1.54, 1.807) is 4.90 Å². The molecule has 1 saturated heterocycles. The number of nitrogens with two attached hydrogens (primary N) is 2. The van der Waals surface area contributed by atoms with Crippen molar-refractivity contribution in [1.29, 1.82) is 0 Å². The van der Waals surface area contributed by atoms with E-state index < -0.39 is 17.5 Å². The molecule has 0 radical (unpaired) electrons. The molecule has 6 heteroatoms. The largest absolute Gasteiger partial charge is 0.369 e. The summed E-state index contributed by atoms with van der Waals surface area (Å²) < 4.78 is 28.3. The van der Waals surface area contributed by atoms with Crippen molar-refractivity contribution in [3.05, 3.63) is 29.3 Å². The average molecular weight is 283 g/mol. The van der Waals surface area contributed by atoms with E-state index in [4.69, 9.17) is 11.5 Å². The summed E-state index contributed by atoms with van der Waals surface area (Å²) in [5.41, 5.74) is 11.0. The number of rotatable bonds is 3. The molecule has 1 fully saturated rings. The van der Waals surface area contributed by atoms with Gasteiger partial charge in [-0.15, -0.1) is 0 Å². The first-order valence-electron chi connectivity index (χ1n) is 6.68. The van der Waals surface area contributed by atoms with E-state index >= 15 is 0 Å². The Balaban J connectivity index is 2.36. The maximum absolute atomic E-state index is 14.1. The molecule has 1 aromatic carbocycles. The van der Waals surface area contributed by atoms with Gasteiger partial charge >= 0.3 is 0 Å². The van der Waals surface area contributed by atoms with Crippen molar-refractivity contribution in [3.8, 4) is 0 Å². The molecule has 1 heterocycles. The highest BCUT2D eigenvalue weighted by Crippen LogP contribution is 2.32. The minimum Gasteiger partial charge on any atom is -0.369 e. The fourth-order valence-electron chi connectivity index (χ4n) is 2.66. The molecule has 2 rings (SSSR count). The van der Waals surface area contributed by atoms with Gasteiger partial charge in [0.2, 0.25) is 5.91 Å². The second kappa shape index (κ2) is 5.75. The second-order valence-electron chi connectivity index (χ2n) is 5.29. The number of carbonyl (C=O) groups is 1. The van der Waals surface area contributed by atoms with Gasteiger partial charge in [0.1, 0.15) is 17.3 Å². The minimum atomic E-state index is -0.651. The highest BCUT2D eigenvalue weighted by molar-refractivity contribution is 5.77. The van der Waals surface area contributed by atoms with Crippen molar-refractivity contribution in [1.82, 2.24) is 0 Å². The fraction of sp³-hybridized carbons (Fsp3) is 0.500. The van der Waals surface area contributed by atoms with Gasteiger partial charge < -0.3 is 16.4 Å². The van der Waals surface area contributed by atoms with Crippen LogP contribution in [0.1, 0.15) is 25.3 Å². The number of amides is 1. The number of carbonyl (C=O) groups excluding carboxylic acids is 1. The Morgan fingerprint density at radius 3 is 2.45 bits per heavy atom.